The van der Waals surface area contributed by atoms with Crippen molar-refractivity contribution in [2.75, 3.05) is 57.7 Å². The zero-order valence-electron chi connectivity index (χ0n) is 67.4. The molecule has 9 aromatic carbocycles. The molecule has 2 amide bonds. The number of aromatic nitrogens is 3. The third kappa shape index (κ3) is 37.1. The van der Waals surface area contributed by atoms with Gasteiger partial charge in [-0.3, -0.25) is 25.0 Å². The van der Waals surface area contributed by atoms with Gasteiger partial charge in [-0.1, -0.05) is 111 Å². The van der Waals surface area contributed by atoms with Crippen molar-refractivity contribution in [2.24, 2.45) is 0 Å². The summed E-state index contributed by atoms with van der Waals surface area (Å²) in [6, 6.07) is 30.8. The summed E-state index contributed by atoms with van der Waals surface area (Å²) in [6.45, 7) is 10.1. The monoisotopic (exact) mass is 2060 g/mol. The van der Waals surface area contributed by atoms with Crippen LogP contribution in [-0.4, -0.2) is 148 Å². The van der Waals surface area contributed by atoms with Crippen LogP contribution in [0.4, 0.5) is 54.9 Å². The summed E-state index contributed by atoms with van der Waals surface area (Å²) in [5, 5.41) is 59.0. The fourth-order valence-corrected chi connectivity index (χ4v) is 14.8. The number of carbonyl (C=O) groups is 6. The molecule has 0 atom stereocenters. The van der Waals surface area contributed by atoms with E-state index in [9.17, 15) is 73.4 Å². The van der Waals surface area contributed by atoms with Crippen LogP contribution in [0, 0.1) is 27.7 Å². The number of ether oxygens (including phenoxy) is 8. The van der Waals surface area contributed by atoms with Crippen molar-refractivity contribution in [1.29, 1.82) is 0 Å². The molecule has 0 aliphatic heterocycles. The Labute approximate surface area is 799 Å². The second-order valence-corrected chi connectivity index (χ2v) is 31.5. The predicted molar refractivity (Wildman–Crippen MR) is 474 cm³/mol. The van der Waals surface area contributed by atoms with Crippen LogP contribution in [0.3, 0.4) is 0 Å². The number of thiazole rings is 3. The first-order valence-corrected chi connectivity index (χ1v) is 40.8. The summed E-state index contributed by atoms with van der Waals surface area (Å²) in [7, 11) is 6.01. The average Bonchev–Trinajstić information content (AvgIpc) is 1.68. The van der Waals surface area contributed by atoms with Crippen LogP contribution in [0.15, 0.2) is 138 Å². The number of amides is 2. The van der Waals surface area contributed by atoms with E-state index in [1.807, 2.05) is 6.92 Å². The van der Waals surface area contributed by atoms with E-state index in [1.54, 1.807) is 58.0 Å². The summed E-state index contributed by atoms with van der Waals surface area (Å²) in [6.07, 6.45) is -14.3. The van der Waals surface area contributed by atoms with Crippen molar-refractivity contribution >= 4 is 232 Å². The second-order valence-electron chi connectivity index (χ2n) is 24.0. The zero-order valence-corrected chi connectivity index (χ0v) is 79.5. The van der Waals surface area contributed by atoms with Gasteiger partial charge in [-0.2, -0.15) is 5.75 Å². The quantitative estimate of drug-likeness (QED) is 0.0188. The van der Waals surface area contributed by atoms with E-state index in [0.717, 1.165) is 57.5 Å². The topological polar surface area (TPSA) is 386 Å². The van der Waals surface area contributed by atoms with Crippen molar-refractivity contribution < 1.29 is 166 Å². The molecule has 0 saturated heterocycles. The smallest absolute Gasteiger partial charge is 0.793 e. The molecule has 0 aliphatic rings. The standard InChI is InChI=1S/C17H12ClF3N2O3S.C16H10ClF3N2O3S.C9H8Cl2O2.C9H9ClO3.C8H6BrClO3.C8H7ClO3.C8H5F3N2OS.C2H6S.CH5BO2.Na/c1-8-5-9(18)6-11(14(8)25-2)15(24)23-16-22-12-4-3-10(7-13(12)27-16)26-17(19,20)21;1-7-4-8(17)5-10(13(7)23)14(24)22-15-21-11-3-2-9(6-12(11)26-15)25-16(18,19)20;2*1-5-3-6(10)4-7(9(11)12)8(5)13-2;1-13-7-5(8(11)12)2-4(10)3-6(7)9;1-12-7-3-2-5(9)4-6(7)8(10)11;9-8(10,11)14-4-1-2-5-6(3-4)15-7(12)13-5;1-2-3;1-2(3)4;/h3-7H,1-2H3,(H,22,23,24);2-6,23H,1H3,(H,21,22,24);3-4H,1-2H3;3-4H,1-2H3,(H,11,12);2-3H,1H3,(H,11,12);2-4H,1H3,(H,10,11);1-3H,(H2,12,13);3H,2H2,1H3;3-4H,1H3;/q;;;;;;;;;+1/p-1. The van der Waals surface area contributed by atoms with Gasteiger partial charge in [0, 0.05) is 48.3 Å². The van der Waals surface area contributed by atoms with Crippen molar-refractivity contribution in [3.8, 4) is 51.7 Å². The molecule has 676 valence electrons. The number of fused-ring (bicyclic) bond motifs is 3. The first-order chi connectivity index (χ1) is 58.7. The Hall–Kier alpha value is -9.12. The number of nitrogens with zero attached hydrogens (tertiary/aromatic N) is 3. The number of hydrogen-bond donors (Lipinski definition) is 9. The predicted octanol–water partition coefficient (Wildman–Crippen LogP) is 20.2. The Balaban J connectivity index is 0.000000386. The number of rotatable bonds is 16. The Bertz CT molecular complexity index is 5690. The molecular weight excluding hydrogens is 2000 g/mol. The van der Waals surface area contributed by atoms with Crippen LogP contribution in [0.5, 0.6) is 51.7 Å². The second kappa shape index (κ2) is 51.9. The Morgan fingerprint density at radius 2 is 0.764 bits per heavy atom. The first-order valence-electron chi connectivity index (χ1n) is 34.3. The average molecular weight is 2070 g/mol. The molecule has 10 N–H and O–H groups in total. The molecule has 0 fully saturated rings. The van der Waals surface area contributed by atoms with Gasteiger partial charge in [-0.25, -0.2) is 29.3 Å². The molecule has 0 unspecified atom stereocenters. The van der Waals surface area contributed by atoms with Crippen LogP contribution in [-0.2, 0) is 12.6 Å². The van der Waals surface area contributed by atoms with E-state index in [2.05, 4.69) is 68.4 Å². The number of carboxylic acids is 3. The molecule has 26 nitrogen and oxygen atoms in total. The van der Waals surface area contributed by atoms with Gasteiger partial charge in [0.15, 0.2) is 15.4 Å². The number of halogens is 17. The number of nitrogens with one attached hydrogen (secondary N) is 2. The van der Waals surface area contributed by atoms with E-state index in [-0.39, 0.29) is 101 Å². The van der Waals surface area contributed by atoms with Gasteiger partial charge < -0.3 is 86.7 Å². The van der Waals surface area contributed by atoms with E-state index in [0.29, 0.717) is 111 Å². The maximum Gasteiger partial charge on any atom is 1.00 e. The van der Waals surface area contributed by atoms with Gasteiger partial charge in [0.1, 0.15) is 68.4 Å². The van der Waals surface area contributed by atoms with Crippen LogP contribution < -0.4 is 83.8 Å². The molecule has 0 radical (unpaired) electrons. The summed E-state index contributed by atoms with van der Waals surface area (Å²) in [5.41, 5.74) is 10.1. The van der Waals surface area contributed by atoms with Gasteiger partial charge in [0.2, 0.25) is 0 Å². The molecule has 0 bridgehead atoms. The molecule has 49 heteroatoms. The van der Waals surface area contributed by atoms with Crippen molar-refractivity contribution in [2.45, 2.75) is 60.5 Å². The largest absolute Gasteiger partial charge is 1.00 e. The number of aromatic hydroxyl groups is 1. The summed E-state index contributed by atoms with van der Waals surface area (Å²) in [5.74, 6) is -2.88. The fraction of sp³-hybridized carbons (Fsp3) is 0.192. The Morgan fingerprint density at radius 3 is 1.13 bits per heavy atom. The van der Waals surface area contributed by atoms with Crippen molar-refractivity contribution in [3.05, 3.63) is 224 Å². The third-order valence-corrected chi connectivity index (χ3v) is 19.4. The molecule has 3 aromatic heterocycles. The minimum absolute atomic E-state index is 0. The number of phenols is 1. The minimum atomic E-state index is -4.79. The molecule has 0 saturated carbocycles. The van der Waals surface area contributed by atoms with E-state index < -0.39 is 61.2 Å². The van der Waals surface area contributed by atoms with Crippen LogP contribution >= 0.6 is 131 Å². The number of aromatic carboxylic acids is 3. The molecule has 127 heavy (non-hydrogen) atoms. The van der Waals surface area contributed by atoms with Crippen LogP contribution in [0.1, 0.15) is 91.3 Å². The van der Waals surface area contributed by atoms with E-state index in [4.69, 9.17) is 136 Å². The molecule has 3 heterocycles. The van der Waals surface area contributed by atoms with Gasteiger partial charge in [-0.15, -0.1) is 39.5 Å². The van der Waals surface area contributed by atoms with Gasteiger partial charge in [0.05, 0.1) is 87.4 Å². The van der Waals surface area contributed by atoms with Gasteiger partial charge in [0.25, 0.3) is 17.1 Å². The fourth-order valence-electron chi connectivity index (χ4n) is 9.92. The minimum Gasteiger partial charge on any atom is -0.793 e. The summed E-state index contributed by atoms with van der Waals surface area (Å²) in [4.78, 5) is 80.2. The number of carbonyl (C=O) groups excluding carboxylic acids is 3. The number of nitrogen functional groups attached to an aromatic ring is 1. The number of aryl methyl sites for hydroxylation is 4. The van der Waals surface area contributed by atoms with E-state index >= 15 is 0 Å². The maximum absolute atomic E-state index is 12.6. The number of anilines is 3. The normalized spacial score (nSPS) is 10.5. The number of carboxylic acid groups (broad SMARTS) is 3. The number of nitrogens with two attached hydrogens (primary N) is 1. The van der Waals surface area contributed by atoms with Gasteiger partial charge in [-0.05, 0) is 200 Å². The number of hydrogen-bond acceptors (Lipinski definition) is 25. The summed E-state index contributed by atoms with van der Waals surface area (Å²) < 4.78 is 148. The molecule has 0 aliphatic carbocycles. The number of alkyl halides is 9. The van der Waals surface area contributed by atoms with Crippen LogP contribution in [0.2, 0.25) is 37.0 Å². The Morgan fingerprint density at radius 1 is 0.457 bits per heavy atom. The molecule has 12 aromatic rings. The van der Waals surface area contributed by atoms with Crippen molar-refractivity contribution in [1.82, 2.24) is 15.0 Å². The van der Waals surface area contributed by atoms with Gasteiger partial charge >= 0.3 is 73.7 Å². The molecular formula is C78H67BBrCl7F9N6NaO20S4. The number of phenolic OH excluding ortho intramolecular Hbond substituents is 1. The maximum atomic E-state index is 12.6. The SMILES string of the molecule is CB(O)O.CC[S-].COc1c(Br)cc(Cl)cc1C(=O)O.COc1c(C)cc(Cl)cc1C(=O)Cl.COc1c(C)cc(Cl)cc1C(=O)Nc1nc2ccc(OC(F)(F)F)cc2s1.COc1c(C)cc(Cl)cc1C(=O)O.COc1ccc(Cl)cc1C(=O)O.Cc1cc(Cl)cc(C(=O)Nc2nc3ccc(OC(F)(F)F)cc3s2)c1O.Nc1nc2ccc(OC(F)(F)F)cc2s1.[Na+]. The summed E-state index contributed by atoms with van der Waals surface area (Å²) >= 11 is 50.6. The van der Waals surface area contributed by atoms with Crippen molar-refractivity contribution in [3.63, 3.8) is 0 Å². The molecule has 12 rings (SSSR count). The van der Waals surface area contributed by atoms with Crippen LogP contribution in [0.25, 0.3) is 30.6 Å². The Kier molecular flexibility index (Phi) is 45.8. The zero-order chi connectivity index (χ0) is 95.3. The first kappa shape index (κ1) is 112. The number of benzene rings is 9. The molecule has 0 spiro atoms. The number of methoxy groups -OCH3 is 5. The third-order valence-electron chi connectivity index (χ3n) is 14.6. The van der Waals surface area contributed by atoms with E-state index in [1.165, 1.54) is 133 Å².